The number of benzene rings is 1. The second kappa shape index (κ2) is 8.44. The first-order valence-electron chi connectivity index (χ1n) is 7.70. The third-order valence-corrected chi connectivity index (χ3v) is 4.10. The Hall–Kier alpha value is -2.41. The summed E-state index contributed by atoms with van der Waals surface area (Å²) in [6, 6.07) is 6.93. The molecule has 2 N–H and O–H groups in total. The van der Waals surface area contributed by atoms with Crippen LogP contribution in [0.25, 0.3) is 0 Å². The van der Waals surface area contributed by atoms with Crippen molar-refractivity contribution in [2.24, 2.45) is 0 Å². The number of amides is 2. The summed E-state index contributed by atoms with van der Waals surface area (Å²) in [6.45, 7) is 5.69. The highest BCUT2D eigenvalue weighted by Gasteiger charge is 2.21. The molecular weight excluding hydrogens is 326 g/mol. The molecule has 2 rings (SSSR count). The summed E-state index contributed by atoms with van der Waals surface area (Å²) in [5.41, 5.74) is 1.63. The molecule has 1 atom stereocenters. The molecule has 0 aliphatic rings. The monoisotopic (exact) mass is 347 g/mol. The molecule has 0 saturated carbocycles. The highest BCUT2D eigenvalue weighted by molar-refractivity contribution is 7.13. The van der Waals surface area contributed by atoms with Crippen LogP contribution in [-0.2, 0) is 9.59 Å². The molecule has 1 aromatic carbocycles. The molecule has 0 aliphatic heterocycles. The zero-order chi connectivity index (χ0) is 17.5. The van der Waals surface area contributed by atoms with Gasteiger partial charge in [-0.2, -0.15) is 0 Å². The molecule has 7 heteroatoms. The van der Waals surface area contributed by atoms with Gasteiger partial charge in [0.1, 0.15) is 5.75 Å². The number of thiazole rings is 1. The molecule has 0 aliphatic carbocycles. The lowest BCUT2D eigenvalue weighted by Gasteiger charge is -2.20. The number of anilines is 1. The predicted molar refractivity (Wildman–Crippen MR) is 94.3 cm³/mol. The zero-order valence-electron chi connectivity index (χ0n) is 14.0. The molecule has 0 saturated heterocycles. The van der Waals surface area contributed by atoms with Gasteiger partial charge in [0.25, 0.3) is 0 Å². The Morgan fingerprint density at radius 2 is 2.08 bits per heavy atom. The van der Waals surface area contributed by atoms with Crippen molar-refractivity contribution in [3.63, 3.8) is 0 Å². The fraction of sp³-hybridized carbons (Fsp3) is 0.353. The lowest BCUT2D eigenvalue weighted by molar-refractivity contribution is -0.120. The Morgan fingerprint density at radius 3 is 2.71 bits per heavy atom. The van der Waals surface area contributed by atoms with E-state index in [-0.39, 0.29) is 18.2 Å². The lowest BCUT2D eigenvalue weighted by atomic mass is 10.0. The van der Waals surface area contributed by atoms with Crippen LogP contribution < -0.4 is 15.4 Å². The van der Waals surface area contributed by atoms with Gasteiger partial charge in [0.2, 0.25) is 11.8 Å². The van der Waals surface area contributed by atoms with E-state index in [1.807, 2.05) is 43.5 Å². The minimum absolute atomic E-state index is 0.0995. The van der Waals surface area contributed by atoms with E-state index in [2.05, 4.69) is 15.6 Å². The summed E-state index contributed by atoms with van der Waals surface area (Å²) in [7, 11) is 0. The van der Waals surface area contributed by atoms with Gasteiger partial charge in [-0.3, -0.25) is 9.59 Å². The van der Waals surface area contributed by atoms with Crippen LogP contribution >= 0.6 is 11.3 Å². The van der Waals surface area contributed by atoms with Crippen LogP contribution in [0, 0.1) is 6.92 Å². The molecule has 0 radical (unpaired) electrons. The molecule has 0 bridgehead atoms. The number of nitrogens with one attached hydrogen (secondary N) is 2. The van der Waals surface area contributed by atoms with E-state index in [1.165, 1.54) is 18.3 Å². The molecule has 24 heavy (non-hydrogen) atoms. The number of carbonyl (C=O) groups excluding carboxylic acids is 2. The van der Waals surface area contributed by atoms with E-state index >= 15 is 0 Å². The van der Waals surface area contributed by atoms with Crippen molar-refractivity contribution in [3.05, 3.63) is 40.9 Å². The van der Waals surface area contributed by atoms with Crippen LogP contribution in [0.1, 0.15) is 37.6 Å². The minimum atomic E-state index is -0.466. The first-order chi connectivity index (χ1) is 11.5. The molecule has 0 spiro atoms. The third kappa shape index (κ3) is 5.06. The van der Waals surface area contributed by atoms with Gasteiger partial charge in [-0.25, -0.2) is 4.98 Å². The summed E-state index contributed by atoms with van der Waals surface area (Å²) < 4.78 is 5.61. The van der Waals surface area contributed by atoms with E-state index in [4.69, 9.17) is 4.74 Å². The molecule has 6 nitrogen and oxygen atoms in total. The van der Waals surface area contributed by atoms with Gasteiger partial charge in [0.05, 0.1) is 24.8 Å². The van der Waals surface area contributed by atoms with Crippen LogP contribution in [0.2, 0.25) is 0 Å². The van der Waals surface area contributed by atoms with Crippen LogP contribution in [-0.4, -0.2) is 23.4 Å². The van der Waals surface area contributed by atoms with Crippen LogP contribution in [0.4, 0.5) is 5.13 Å². The first-order valence-corrected chi connectivity index (χ1v) is 8.58. The zero-order valence-corrected chi connectivity index (χ0v) is 14.8. The number of aromatic nitrogens is 1. The molecule has 1 heterocycles. The highest BCUT2D eigenvalue weighted by atomic mass is 32.1. The Labute approximate surface area is 145 Å². The van der Waals surface area contributed by atoms with Gasteiger partial charge in [-0.1, -0.05) is 18.2 Å². The van der Waals surface area contributed by atoms with Gasteiger partial charge in [-0.05, 0) is 19.9 Å². The number of ether oxygens (including phenoxy) is 1. The maximum absolute atomic E-state index is 12.3. The molecule has 2 amide bonds. The average Bonchev–Trinajstić information content (AvgIpc) is 2.92. The van der Waals surface area contributed by atoms with Crippen LogP contribution in [0.5, 0.6) is 5.75 Å². The van der Waals surface area contributed by atoms with Crippen LogP contribution in [0.3, 0.4) is 0 Å². The average molecular weight is 347 g/mol. The fourth-order valence-electron chi connectivity index (χ4n) is 2.31. The van der Waals surface area contributed by atoms with Crippen molar-refractivity contribution in [3.8, 4) is 5.75 Å². The number of aryl methyl sites for hydroxylation is 1. The number of rotatable bonds is 7. The van der Waals surface area contributed by atoms with E-state index in [0.717, 1.165) is 11.3 Å². The van der Waals surface area contributed by atoms with Crippen molar-refractivity contribution < 1.29 is 14.3 Å². The van der Waals surface area contributed by atoms with Gasteiger partial charge in [0.15, 0.2) is 5.13 Å². The standard InChI is InChI=1S/C17H21N3O3S/c1-4-23-15-8-6-5-7-13(15)14(19-12(3)21)9-16(22)20-17-18-11(2)10-24-17/h5-8,10,14H,4,9H2,1-3H3,(H,19,21)(H,18,20,22)/t14-/m1/s1. The molecule has 128 valence electrons. The maximum atomic E-state index is 12.3. The second-order valence-electron chi connectivity index (χ2n) is 5.27. The van der Waals surface area contributed by atoms with Gasteiger partial charge in [-0.15, -0.1) is 11.3 Å². The first kappa shape index (κ1) is 17.9. The molecular formula is C17H21N3O3S. The number of nitrogens with zero attached hydrogens (tertiary/aromatic N) is 1. The molecule has 0 fully saturated rings. The van der Waals surface area contributed by atoms with Crippen molar-refractivity contribution >= 4 is 28.3 Å². The Balaban J connectivity index is 2.16. The molecule has 1 aromatic heterocycles. The lowest BCUT2D eigenvalue weighted by Crippen LogP contribution is -2.30. The smallest absolute Gasteiger partial charge is 0.228 e. The minimum Gasteiger partial charge on any atom is -0.494 e. The number of para-hydroxylation sites is 1. The third-order valence-electron chi connectivity index (χ3n) is 3.23. The predicted octanol–water partition coefficient (Wildman–Crippen LogP) is 3.06. The SMILES string of the molecule is CCOc1ccccc1[C@@H](CC(=O)Nc1nc(C)cs1)NC(C)=O. The summed E-state index contributed by atoms with van der Waals surface area (Å²) in [5.74, 6) is 0.246. The largest absolute Gasteiger partial charge is 0.494 e. The maximum Gasteiger partial charge on any atom is 0.228 e. The normalized spacial score (nSPS) is 11.6. The van der Waals surface area contributed by atoms with E-state index in [9.17, 15) is 9.59 Å². The Kier molecular flexibility index (Phi) is 6.31. The van der Waals surface area contributed by atoms with Crippen molar-refractivity contribution in [2.75, 3.05) is 11.9 Å². The number of carbonyl (C=O) groups is 2. The molecule has 0 unspecified atom stereocenters. The van der Waals surface area contributed by atoms with Crippen molar-refractivity contribution in [1.82, 2.24) is 10.3 Å². The van der Waals surface area contributed by atoms with Gasteiger partial charge >= 0.3 is 0 Å². The van der Waals surface area contributed by atoms with Crippen molar-refractivity contribution in [1.29, 1.82) is 0 Å². The Bertz CT molecular complexity index is 715. The van der Waals surface area contributed by atoms with E-state index in [1.54, 1.807) is 0 Å². The summed E-state index contributed by atoms with van der Waals surface area (Å²) in [5, 5.41) is 8.00. The fourth-order valence-corrected chi connectivity index (χ4v) is 3.01. The Morgan fingerprint density at radius 1 is 1.33 bits per heavy atom. The van der Waals surface area contributed by atoms with E-state index in [0.29, 0.717) is 17.5 Å². The van der Waals surface area contributed by atoms with Gasteiger partial charge in [0, 0.05) is 17.9 Å². The van der Waals surface area contributed by atoms with Crippen molar-refractivity contribution in [2.45, 2.75) is 33.2 Å². The van der Waals surface area contributed by atoms with Gasteiger partial charge < -0.3 is 15.4 Å². The van der Waals surface area contributed by atoms with Crippen LogP contribution in [0.15, 0.2) is 29.6 Å². The highest BCUT2D eigenvalue weighted by Crippen LogP contribution is 2.28. The molecule has 2 aromatic rings. The number of hydrogen-bond acceptors (Lipinski definition) is 5. The second-order valence-corrected chi connectivity index (χ2v) is 6.13. The number of hydrogen-bond donors (Lipinski definition) is 2. The summed E-state index contributed by atoms with van der Waals surface area (Å²) >= 11 is 1.37. The van der Waals surface area contributed by atoms with E-state index < -0.39 is 6.04 Å². The quantitative estimate of drug-likeness (QED) is 0.807. The summed E-state index contributed by atoms with van der Waals surface area (Å²) in [4.78, 5) is 28.1. The topological polar surface area (TPSA) is 80.3 Å². The summed E-state index contributed by atoms with van der Waals surface area (Å²) in [6.07, 6.45) is 0.0995.